The molecule has 0 bridgehead atoms. The number of halogens is 1. The highest BCUT2D eigenvalue weighted by Gasteiger charge is 2.34. The normalized spacial score (nSPS) is 25.7. The summed E-state index contributed by atoms with van der Waals surface area (Å²) in [5.74, 6) is 2.06. The lowest BCUT2D eigenvalue weighted by Gasteiger charge is -2.27. The fourth-order valence-corrected chi connectivity index (χ4v) is 2.51. The van der Waals surface area contributed by atoms with Crippen LogP contribution in [0.15, 0.2) is 18.2 Å². The second-order valence-electron chi connectivity index (χ2n) is 4.20. The first-order valence-electron chi connectivity index (χ1n) is 5.26. The maximum Gasteiger partial charge on any atom is 0.122 e. The van der Waals surface area contributed by atoms with Gasteiger partial charge < -0.3 is 10.1 Å². The van der Waals surface area contributed by atoms with Crippen molar-refractivity contribution in [2.24, 2.45) is 5.92 Å². The smallest absolute Gasteiger partial charge is 0.122 e. The van der Waals surface area contributed by atoms with Crippen LogP contribution in [0.1, 0.15) is 17.0 Å². The van der Waals surface area contributed by atoms with Gasteiger partial charge in [0.2, 0.25) is 0 Å². The molecule has 0 unspecified atom stereocenters. The maximum absolute atomic E-state index is 8.87. The van der Waals surface area contributed by atoms with E-state index in [2.05, 4.69) is 11.4 Å². The van der Waals surface area contributed by atoms with Crippen molar-refractivity contribution >= 4 is 12.4 Å². The number of nitrogens with one attached hydrogen (secondary N) is 1. The molecule has 2 aliphatic heterocycles. The van der Waals surface area contributed by atoms with Crippen molar-refractivity contribution in [3.63, 3.8) is 0 Å². The third-order valence-electron chi connectivity index (χ3n) is 3.33. The molecule has 0 aromatic heterocycles. The monoisotopic (exact) mass is 236 g/mol. The molecule has 1 N–H and O–H groups in total. The summed E-state index contributed by atoms with van der Waals surface area (Å²) in [6.45, 7) is 2.84. The Morgan fingerprint density at radius 1 is 1.38 bits per heavy atom. The number of nitriles is 1. The van der Waals surface area contributed by atoms with E-state index in [1.165, 1.54) is 5.56 Å². The number of hydrogen-bond acceptors (Lipinski definition) is 3. The Morgan fingerprint density at radius 2 is 2.25 bits per heavy atom. The predicted octanol–water partition coefficient (Wildman–Crippen LogP) is 1.68. The van der Waals surface area contributed by atoms with E-state index in [0.29, 0.717) is 11.8 Å². The Hall–Kier alpha value is -1.24. The predicted molar refractivity (Wildman–Crippen MR) is 63.0 cm³/mol. The van der Waals surface area contributed by atoms with Gasteiger partial charge in [-0.2, -0.15) is 5.26 Å². The molecule has 1 aromatic rings. The van der Waals surface area contributed by atoms with Crippen LogP contribution in [0.25, 0.3) is 0 Å². The topological polar surface area (TPSA) is 45.0 Å². The molecule has 0 saturated carbocycles. The van der Waals surface area contributed by atoms with E-state index in [9.17, 15) is 0 Å². The molecule has 0 amide bonds. The molecular weight excluding hydrogens is 224 g/mol. The molecule has 0 aliphatic carbocycles. The van der Waals surface area contributed by atoms with Crippen molar-refractivity contribution in [2.45, 2.75) is 5.92 Å². The van der Waals surface area contributed by atoms with Crippen LogP contribution in [0.2, 0.25) is 0 Å². The van der Waals surface area contributed by atoms with Gasteiger partial charge in [-0.15, -0.1) is 12.4 Å². The number of benzene rings is 1. The van der Waals surface area contributed by atoms with E-state index in [4.69, 9.17) is 10.00 Å². The minimum absolute atomic E-state index is 0. The first kappa shape index (κ1) is 11.3. The third kappa shape index (κ3) is 1.64. The number of rotatable bonds is 0. The van der Waals surface area contributed by atoms with Crippen LogP contribution in [0.5, 0.6) is 5.75 Å². The Bertz CT molecular complexity index is 441. The van der Waals surface area contributed by atoms with E-state index in [1.807, 2.05) is 18.2 Å². The summed E-state index contributed by atoms with van der Waals surface area (Å²) >= 11 is 0. The SMILES string of the molecule is Cl.N#Cc1ccc2c(c1)[C@H]1CNC[C@@H]1CO2. The summed E-state index contributed by atoms with van der Waals surface area (Å²) in [4.78, 5) is 0. The van der Waals surface area contributed by atoms with Gasteiger partial charge in [-0.05, 0) is 18.2 Å². The Labute approximate surface area is 101 Å². The zero-order chi connectivity index (χ0) is 10.3. The van der Waals surface area contributed by atoms with E-state index < -0.39 is 0 Å². The second kappa shape index (κ2) is 4.32. The first-order valence-corrected chi connectivity index (χ1v) is 5.26. The Kier molecular flexibility index (Phi) is 3.04. The zero-order valence-corrected chi connectivity index (χ0v) is 9.59. The fourth-order valence-electron chi connectivity index (χ4n) is 2.51. The average Bonchev–Trinajstić information content (AvgIpc) is 2.76. The van der Waals surface area contributed by atoms with Gasteiger partial charge in [0.25, 0.3) is 0 Å². The van der Waals surface area contributed by atoms with Crippen LogP contribution in [0.4, 0.5) is 0 Å². The molecule has 3 rings (SSSR count). The number of nitrogens with zero attached hydrogens (tertiary/aromatic N) is 1. The highest BCUT2D eigenvalue weighted by molar-refractivity contribution is 5.85. The number of hydrogen-bond donors (Lipinski definition) is 1. The van der Waals surface area contributed by atoms with Gasteiger partial charge in [-0.25, -0.2) is 0 Å². The van der Waals surface area contributed by atoms with Crippen LogP contribution in [0.3, 0.4) is 0 Å². The molecule has 3 nitrogen and oxygen atoms in total. The lowest BCUT2D eigenvalue weighted by atomic mass is 9.86. The van der Waals surface area contributed by atoms with Crippen molar-refractivity contribution in [1.82, 2.24) is 5.32 Å². The van der Waals surface area contributed by atoms with E-state index in [-0.39, 0.29) is 12.4 Å². The fraction of sp³-hybridized carbons (Fsp3) is 0.417. The van der Waals surface area contributed by atoms with Crippen LogP contribution >= 0.6 is 12.4 Å². The summed E-state index contributed by atoms with van der Waals surface area (Å²) in [5.41, 5.74) is 1.93. The summed E-state index contributed by atoms with van der Waals surface area (Å²) in [6.07, 6.45) is 0. The molecule has 84 valence electrons. The van der Waals surface area contributed by atoms with E-state index in [1.54, 1.807) is 0 Å². The lowest BCUT2D eigenvalue weighted by molar-refractivity contribution is 0.219. The summed E-state index contributed by atoms with van der Waals surface area (Å²) < 4.78 is 5.69. The number of ether oxygens (including phenoxy) is 1. The molecule has 1 aromatic carbocycles. The molecule has 4 heteroatoms. The van der Waals surface area contributed by atoms with Crippen molar-refractivity contribution in [3.8, 4) is 11.8 Å². The average molecular weight is 237 g/mol. The van der Waals surface area contributed by atoms with Crippen LogP contribution < -0.4 is 10.1 Å². The Morgan fingerprint density at radius 3 is 3.06 bits per heavy atom. The second-order valence-corrected chi connectivity index (χ2v) is 4.20. The van der Waals surface area contributed by atoms with Crippen molar-refractivity contribution in [3.05, 3.63) is 29.3 Å². The summed E-state index contributed by atoms with van der Waals surface area (Å²) in [6, 6.07) is 7.89. The molecular formula is C12H13ClN2O. The molecule has 0 radical (unpaired) electrons. The number of fused-ring (bicyclic) bond motifs is 3. The van der Waals surface area contributed by atoms with Crippen LogP contribution in [0, 0.1) is 17.2 Å². The molecule has 16 heavy (non-hydrogen) atoms. The van der Waals surface area contributed by atoms with Gasteiger partial charge in [0.1, 0.15) is 5.75 Å². The van der Waals surface area contributed by atoms with Crippen molar-refractivity contribution < 1.29 is 4.74 Å². The van der Waals surface area contributed by atoms with Gasteiger partial charge in [-0.3, -0.25) is 0 Å². The lowest BCUT2D eigenvalue weighted by Crippen LogP contribution is -2.24. The molecule has 1 fully saturated rings. The van der Waals surface area contributed by atoms with Gasteiger partial charge in [0.15, 0.2) is 0 Å². The molecule has 2 heterocycles. The minimum Gasteiger partial charge on any atom is -0.493 e. The first-order chi connectivity index (χ1) is 7.38. The quantitative estimate of drug-likeness (QED) is 0.746. The van der Waals surface area contributed by atoms with E-state index in [0.717, 1.165) is 31.0 Å². The molecule has 0 spiro atoms. The van der Waals surface area contributed by atoms with Gasteiger partial charge in [0, 0.05) is 30.5 Å². The molecule has 2 atom stereocenters. The minimum atomic E-state index is 0. The maximum atomic E-state index is 8.87. The third-order valence-corrected chi connectivity index (χ3v) is 3.33. The van der Waals surface area contributed by atoms with Gasteiger partial charge in [0.05, 0.1) is 18.2 Å². The standard InChI is InChI=1S/C12H12N2O.ClH/c13-4-8-1-2-12-10(3-8)11-6-14-5-9(11)7-15-12;/h1-3,9,11,14H,5-7H2;1H/t9-,11+;/m1./s1. The summed E-state index contributed by atoms with van der Waals surface area (Å²) in [5, 5.41) is 12.3. The van der Waals surface area contributed by atoms with Gasteiger partial charge >= 0.3 is 0 Å². The zero-order valence-electron chi connectivity index (χ0n) is 8.77. The Balaban J connectivity index is 0.000000963. The van der Waals surface area contributed by atoms with Gasteiger partial charge in [-0.1, -0.05) is 0 Å². The highest BCUT2D eigenvalue weighted by Crippen LogP contribution is 2.39. The van der Waals surface area contributed by atoms with Crippen molar-refractivity contribution in [2.75, 3.05) is 19.7 Å². The van der Waals surface area contributed by atoms with Crippen LogP contribution in [-0.4, -0.2) is 19.7 Å². The molecule has 1 saturated heterocycles. The highest BCUT2D eigenvalue weighted by atomic mass is 35.5. The van der Waals surface area contributed by atoms with Crippen LogP contribution in [-0.2, 0) is 0 Å². The van der Waals surface area contributed by atoms with Crippen molar-refractivity contribution in [1.29, 1.82) is 5.26 Å². The summed E-state index contributed by atoms with van der Waals surface area (Å²) in [7, 11) is 0. The molecule has 2 aliphatic rings. The van der Waals surface area contributed by atoms with E-state index >= 15 is 0 Å². The largest absolute Gasteiger partial charge is 0.493 e.